The van der Waals surface area contributed by atoms with E-state index < -0.39 is 11.6 Å². The number of nitrogens with one attached hydrogen (secondary N) is 2. The molecule has 1 aliphatic carbocycles. The third kappa shape index (κ3) is 2.63. The van der Waals surface area contributed by atoms with Crippen molar-refractivity contribution in [3.63, 3.8) is 0 Å². The molecule has 0 bridgehead atoms. The van der Waals surface area contributed by atoms with Gasteiger partial charge in [-0.3, -0.25) is 14.5 Å². The molecule has 1 aliphatic heterocycles. The normalized spacial score (nSPS) is 32.4. The van der Waals surface area contributed by atoms with Gasteiger partial charge in [-0.1, -0.05) is 27.2 Å². The van der Waals surface area contributed by atoms with Crippen LogP contribution in [0.3, 0.4) is 0 Å². The SMILES string of the molecule is CCCNC(=O)CN1C(=O)NC2(C1=O)C(C)CCCC2C. The highest BCUT2D eigenvalue weighted by Crippen LogP contribution is 2.41. The summed E-state index contributed by atoms with van der Waals surface area (Å²) in [5.74, 6) is -0.324. The van der Waals surface area contributed by atoms with Gasteiger partial charge in [0.25, 0.3) is 5.91 Å². The molecule has 1 heterocycles. The molecule has 0 aromatic carbocycles. The van der Waals surface area contributed by atoms with E-state index in [1.54, 1.807) is 0 Å². The van der Waals surface area contributed by atoms with Gasteiger partial charge in [-0.05, 0) is 31.1 Å². The van der Waals surface area contributed by atoms with Crippen molar-refractivity contribution in [2.75, 3.05) is 13.1 Å². The smallest absolute Gasteiger partial charge is 0.325 e. The van der Waals surface area contributed by atoms with Gasteiger partial charge in [0.05, 0.1) is 0 Å². The number of nitrogens with zero attached hydrogens (tertiary/aromatic N) is 1. The summed E-state index contributed by atoms with van der Waals surface area (Å²) in [7, 11) is 0. The van der Waals surface area contributed by atoms with Gasteiger partial charge in [-0.2, -0.15) is 0 Å². The van der Waals surface area contributed by atoms with Crippen molar-refractivity contribution in [1.82, 2.24) is 15.5 Å². The molecule has 21 heavy (non-hydrogen) atoms. The van der Waals surface area contributed by atoms with Gasteiger partial charge < -0.3 is 10.6 Å². The van der Waals surface area contributed by atoms with Crippen molar-refractivity contribution < 1.29 is 14.4 Å². The van der Waals surface area contributed by atoms with Crippen LogP contribution in [0.25, 0.3) is 0 Å². The highest BCUT2D eigenvalue weighted by molar-refractivity contribution is 6.09. The number of hydrogen-bond donors (Lipinski definition) is 2. The maximum Gasteiger partial charge on any atom is 0.325 e. The van der Waals surface area contributed by atoms with Crippen molar-refractivity contribution in [3.8, 4) is 0 Å². The largest absolute Gasteiger partial charge is 0.355 e. The first kappa shape index (κ1) is 15.8. The van der Waals surface area contributed by atoms with Crippen molar-refractivity contribution in [3.05, 3.63) is 0 Å². The van der Waals surface area contributed by atoms with E-state index in [4.69, 9.17) is 0 Å². The Balaban J connectivity index is 2.14. The molecule has 6 heteroatoms. The Hall–Kier alpha value is -1.59. The molecule has 1 saturated heterocycles. The molecule has 2 aliphatic rings. The standard InChI is InChI=1S/C15H25N3O3/c1-4-8-16-12(19)9-18-13(20)15(17-14(18)21)10(2)6-5-7-11(15)3/h10-11H,4-9H2,1-3H3,(H,16,19)(H,17,21). The Morgan fingerprint density at radius 1 is 1.33 bits per heavy atom. The lowest BCUT2D eigenvalue weighted by atomic mass is 9.67. The second-order valence-electron chi connectivity index (χ2n) is 6.27. The average Bonchev–Trinajstić information content (AvgIpc) is 2.69. The van der Waals surface area contributed by atoms with Crippen molar-refractivity contribution in [2.45, 2.75) is 52.0 Å². The molecule has 0 aromatic heterocycles. The van der Waals surface area contributed by atoms with Gasteiger partial charge in [-0.25, -0.2) is 4.79 Å². The van der Waals surface area contributed by atoms with Crippen LogP contribution in [-0.2, 0) is 9.59 Å². The van der Waals surface area contributed by atoms with Crippen molar-refractivity contribution >= 4 is 17.8 Å². The summed E-state index contributed by atoms with van der Waals surface area (Å²) >= 11 is 0. The van der Waals surface area contributed by atoms with Crippen LogP contribution in [0.1, 0.15) is 46.5 Å². The molecule has 118 valence electrons. The Kier molecular flexibility index (Phi) is 4.54. The number of imide groups is 1. The van der Waals surface area contributed by atoms with Gasteiger partial charge >= 0.3 is 6.03 Å². The third-order valence-corrected chi connectivity index (χ3v) is 4.86. The minimum absolute atomic E-state index is 0.0985. The van der Waals surface area contributed by atoms with Crippen molar-refractivity contribution in [2.24, 2.45) is 11.8 Å². The molecule has 2 N–H and O–H groups in total. The van der Waals surface area contributed by atoms with Crippen LogP contribution in [0.15, 0.2) is 0 Å². The molecule has 0 radical (unpaired) electrons. The van der Waals surface area contributed by atoms with Gasteiger partial charge in [0, 0.05) is 6.54 Å². The number of hydrogen-bond acceptors (Lipinski definition) is 3. The van der Waals surface area contributed by atoms with E-state index in [0.29, 0.717) is 6.54 Å². The first-order valence-electron chi connectivity index (χ1n) is 7.84. The van der Waals surface area contributed by atoms with Crippen LogP contribution in [0.2, 0.25) is 0 Å². The quantitative estimate of drug-likeness (QED) is 0.766. The van der Waals surface area contributed by atoms with Crippen LogP contribution < -0.4 is 10.6 Å². The van der Waals surface area contributed by atoms with Gasteiger partial charge in [0.15, 0.2) is 0 Å². The van der Waals surface area contributed by atoms with Gasteiger partial charge in [0.2, 0.25) is 5.91 Å². The van der Waals surface area contributed by atoms with Crippen LogP contribution in [0.5, 0.6) is 0 Å². The average molecular weight is 295 g/mol. The molecule has 6 nitrogen and oxygen atoms in total. The fraction of sp³-hybridized carbons (Fsp3) is 0.800. The molecule has 2 rings (SSSR count). The first-order valence-corrected chi connectivity index (χ1v) is 7.84. The summed E-state index contributed by atoms with van der Waals surface area (Å²) < 4.78 is 0. The number of rotatable bonds is 4. The second-order valence-corrected chi connectivity index (χ2v) is 6.27. The topological polar surface area (TPSA) is 78.5 Å². The first-order chi connectivity index (χ1) is 9.93. The Labute approximate surface area is 125 Å². The maximum atomic E-state index is 12.8. The second kappa shape index (κ2) is 6.03. The lowest BCUT2D eigenvalue weighted by molar-refractivity contribution is -0.139. The van der Waals surface area contributed by atoms with Crippen LogP contribution in [0, 0.1) is 11.8 Å². The van der Waals surface area contributed by atoms with E-state index in [-0.39, 0.29) is 30.2 Å². The number of amides is 4. The molecule has 2 unspecified atom stereocenters. The van der Waals surface area contributed by atoms with Gasteiger partial charge in [-0.15, -0.1) is 0 Å². The molecule has 1 saturated carbocycles. The summed E-state index contributed by atoms with van der Waals surface area (Å²) in [5.41, 5.74) is -0.819. The van der Waals surface area contributed by atoms with E-state index in [9.17, 15) is 14.4 Å². The molecule has 1 spiro atoms. The minimum Gasteiger partial charge on any atom is -0.355 e. The number of urea groups is 1. The summed E-state index contributed by atoms with van der Waals surface area (Å²) in [4.78, 5) is 37.8. The van der Waals surface area contributed by atoms with Crippen LogP contribution in [0.4, 0.5) is 4.79 Å². The monoisotopic (exact) mass is 295 g/mol. The fourth-order valence-electron chi connectivity index (χ4n) is 3.56. The summed E-state index contributed by atoms with van der Waals surface area (Å²) in [6, 6.07) is -0.438. The predicted octanol–water partition coefficient (Wildman–Crippen LogP) is 1.26. The van der Waals surface area contributed by atoms with Crippen LogP contribution in [-0.4, -0.2) is 41.4 Å². The molecule has 4 amide bonds. The van der Waals surface area contributed by atoms with E-state index >= 15 is 0 Å². The van der Waals surface area contributed by atoms with Crippen LogP contribution >= 0.6 is 0 Å². The van der Waals surface area contributed by atoms with E-state index in [1.165, 1.54) is 0 Å². The Morgan fingerprint density at radius 3 is 2.52 bits per heavy atom. The van der Waals surface area contributed by atoms with E-state index in [2.05, 4.69) is 10.6 Å². The summed E-state index contributed by atoms with van der Waals surface area (Å²) in [6.45, 7) is 6.34. The number of carbonyl (C=O) groups is 3. The Bertz CT molecular complexity index is 439. The molecular weight excluding hydrogens is 270 g/mol. The lowest BCUT2D eigenvalue weighted by Crippen LogP contribution is -2.59. The summed E-state index contributed by atoms with van der Waals surface area (Å²) in [6.07, 6.45) is 3.74. The Morgan fingerprint density at radius 2 is 1.95 bits per heavy atom. The van der Waals surface area contributed by atoms with Gasteiger partial charge in [0.1, 0.15) is 12.1 Å². The lowest BCUT2D eigenvalue weighted by Gasteiger charge is -2.42. The highest BCUT2D eigenvalue weighted by Gasteiger charge is 2.58. The maximum absolute atomic E-state index is 12.8. The highest BCUT2D eigenvalue weighted by atomic mass is 16.2. The third-order valence-electron chi connectivity index (χ3n) is 4.86. The number of carbonyl (C=O) groups excluding carboxylic acids is 3. The zero-order chi connectivity index (χ0) is 15.6. The fourth-order valence-corrected chi connectivity index (χ4v) is 3.56. The van der Waals surface area contributed by atoms with Crippen molar-refractivity contribution in [1.29, 1.82) is 0 Å². The van der Waals surface area contributed by atoms with E-state index in [1.807, 2.05) is 20.8 Å². The minimum atomic E-state index is -0.819. The molecule has 2 atom stereocenters. The van der Waals surface area contributed by atoms with E-state index in [0.717, 1.165) is 30.6 Å². The molecule has 2 fully saturated rings. The zero-order valence-electron chi connectivity index (χ0n) is 13.1. The zero-order valence-corrected chi connectivity index (χ0v) is 13.1. The molecule has 0 aromatic rings. The molecular formula is C15H25N3O3. The summed E-state index contributed by atoms with van der Waals surface area (Å²) in [5, 5.41) is 5.59. The predicted molar refractivity (Wildman–Crippen MR) is 78.5 cm³/mol.